The van der Waals surface area contributed by atoms with Crippen LogP contribution in [0.25, 0.3) is 11.0 Å². The Labute approximate surface area is 164 Å². The van der Waals surface area contributed by atoms with Crippen LogP contribution in [-0.4, -0.2) is 50.8 Å². The lowest BCUT2D eigenvalue weighted by molar-refractivity contribution is -0.136. The van der Waals surface area contributed by atoms with E-state index in [-0.39, 0.29) is 12.2 Å². The molecule has 150 valence electrons. The molecule has 0 amide bonds. The van der Waals surface area contributed by atoms with Gasteiger partial charge >= 0.3 is 17.8 Å². The standard InChI is InChI=1S/C19H18N4O6/c1-29-13-8-6-12(7-9-13)11-22-14-4-2-3-5-15(14)23(17(26)18(27)28)19(22)21-20-10-16(24)25/h2-9,20H,10-11H2,1H3,(H,24,25)(H,27,28)/b21-19+. The smallest absolute Gasteiger partial charge is 0.395 e. The monoisotopic (exact) mass is 398 g/mol. The van der Waals surface area contributed by atoms with E-state index < -0.39 is 24.4 Å². The third-order valence-electron chi connectivity index (χ3n) is 4.15. The van der Waals surface area contributed by atoms with Crippen LogP contribution in [0.2, 0.25) is 0 Å². The van der Waals surface area contributed by atoms with Gasteiger partial charge in [0, 0.05) is 0 Å². The number of carboxylic acids is 2. The minimum atomic E-state index is -1.66. The van der Waals surface area contributed by atoms with Crippen LogP contribution in [0.1, 0.15) is 10.4 Å². The van der Waals surface area contributed by atoms with Crippen molar-refractivity contribution in [2.45, 2.75) is 6.54 Å². The zero-order valence-corrected chi connectivity index (χ0v) is 15.4. The van der Waals surface area contributed by atoms with E-state index in [2.05, 4.69) is 10.5 Å². The number of ether oxygens (including phenoxy) is 1. The molecule has 29 heavy (non-hydrogen) atoms. The summed E-state index contributed by atoms with van der Waals surface area (Å²) in [5, 5.41) is 22.1. The number of hydrogen-bond acceptors (Lipinski definition) is 6. The summed E-state index contributed by atoms with van der Waals surface area (Å²) in [7, 11) is 1.56. The van der Waals surface area contributed by atoms with Gasteiger partial charge in [0.15, 0.2) is 0 Å². The first kappa shape index (κ1) is 19.7. The second-order valence-corrected chi connectivity index (χ2v) is 6.01. The van der Waals surface area contributed by atoms with Crippen LogP contribution in [0.5, 0.6) is 5.75 Å². The SMILES string of the molecule is COc1ccc(Cn2/c(=N\NCC(=O)O)n(C(=O)C(=O)O)c3ccccc32)cc1. The molecule has 0 fully saturated rings. The molecule has 1 aromatic heterocycles. The Morgan fingerprint density at radius 1 is 1.03 bits per heavy atom. The number of carbonyl (C=O) groups excluding carboxylic acids is 1. The van der Waals surface area contributed by atoms with E-state index in [1.807, 2.05) is 12.1 Å². The van der Waals surface area contributed by atoms with Crippen molar-refractivity contribution in [2.75, 3.05) is 13.7 Å². The van der Waals surface area contributed by atoms with Gasteiger partial charge < -0.3 is 19.5 Å². The maximum absolute atomic E-state index is 12.4. The molecule has 3 rings (SSSR count). The van der Waals surface area contributed by atoms with Crippen molar-refractivity contribution < 1.29 is 29.3 Å². The van der Waals surface area contributed by atoms with Crippen LogP contribution < -0.4 is 15.8 Å². The highest BCUT2D eigenvalue weighted by Gasteiger charge is 2.22. The fourth-order valence-electron chi connectivity index (χ4n) is 2.87. The third-order valence-corrected chi connectivity index (χ3v) is 4.15. The zero-order chi connectivity index (χ0) is 21.0. The van der Waals surface area contributed by atoms with Crippen LogP contribution in [0.3, 0.4) is 0 Å². The van der Waals surface area contributed by atoms with Gasteiger partial charge in [0.2, 0.25) is 5.62 Å². The molecule has 10 heteroatoms. The van der Waals surface area contributed by atoms with E-state index >= 15 is 0 Å². The molecule has 3 aromatic rings. The van der Waals surface area contributed by atoms with Crippen molar-refractivity contribution in [3.05, 3.63) is 59.7 Å². The van der Waals surface area contributed by atoms with Gasteiger partial charge in [-0.3, -0.25) is 15.0 Å². The minimum absolute atomic E-state index is 0.0318. The Bertz CT molecular complexity index is 1140. The first-order chi connectivity index (χ1) is 13.9. The molecule has 0 saturated heterocycles. The van der Waals surface area contributed by atoms with Gasteiger partial charge in [-0.1, -0.05) is 24.3 Å². The number of rotatable bonds is 6. The predicted octanol–water partition coefficient (Wildman–Crippen LogP) is 0.714. The number of imidazole rings is 1. The maximum Gasteiger partial charge on any atom is 0.395 e. The second-order valence-electron chi connectivity index (χ2n) is 6.01. The van der Waals surface area contributed by atoms with E-state index in [4.69, 9.17) is 9.84 Å². The lowest BCUT2D eigenvalue weighted by Crippen LogP contribution is -2.36. The Hall–Kier alpha value is -4.08. The molecule has 0 bridgehead atoms. The van der Waals surface area contributed by atoms with E-state index in [0.29, 0.717) is 16.8 Å². The van der Waals surface area contributed by atoms with Crippen molar-refractivity contribution in [3.63, 3.8) is 0 Å². The predicted molar refractivity (Wildman–Crippen MR) is 101 cm³/mol. The summed E-state index contributed by atoms with van der Waals surface area (Å²) < 4.78 is 7.72. The summed E-state index contributed by atoms with van der Waals surface area (Å²) in [4.78, 5) is 34.5. The molecule has 10 nitrogen and oxygen atoms in total. The van der Waals surface area contributed by atoms with Crippen LogP contribution in [0, 0.1) is 0 Å². The van der Waals surface area contributed by atoms with E-state index in [9.17, 15) is 19.5 Å². The van der Waals surface area contributed by atoms with Crippen LogP contribution in [0.4, 0.5) is 0 Å². The lowest BCUT2D eigenvalue weighted by atomic mass is 10.2. The number of aromatic nitrogens is 2. The molecule has 0 aliphatic rings. The average Bonchev–Trinajstić information content (AvgIpc) is 3.01. The number of aliphatic carboxylic acids is 2. The molecule has 0 aliphatic carbocycles. The first-order valence-corrected chi connectivity index (χ1v) is 8.51. The maximum atomic E-state index is 12.4. The Balaban J connectivity index is 2.21. The molecule has 3 N–H and O–H groups in total. The molecule has 0 atom stereocenters. The third kappa shape index (κ3) is 4.10. The fraction of sp³-hybridized carbons (Fsp3) is 0.158. The lowest BCUT2D eigenvalue weighted by Gasteiger charge is -2.07. The largest absolute Gasteiger partial charge is 0.497 e. The number of carboxylic acid groups (broad SMARTS) is 2. The number of carbonyl (C=O) groups is 3. The van der Waals surface area contributed by atoms with Gasteiger partial charge in [0.05, 0.1) is 24.7 Å². The van der Waals surface area contributed by atoms with Gasteiger partial charge in [0.1, 0.15) is 12.3 Å². The Kier molecular flexibility index (Phi) is 5.63. The van der Waals surface area contributed by atoms with E-state index in [0.717, 1.165) is 10.1 Å². The highest BCUT2D eigenvalue weighted by molar-refractivity contribution is 6.33. The zero-order valence-electron chi connectivity index (χ0n) is 15.4. The van der Waals surface area contributed by atoms with Crippen molar-refractivity contribution >= 4 is 28.9 Å². The van der Waals surface area contributed by atoms with Gasteiger partial charge in [0.25, 0.3) is 0 Å². The van der Waals surface area contributed by atoms with Gasteiger partial charge in [-0.05, 0) is 29.8 Å². The van der Waals surface area contributed by atoms with Crippen molar-refractivity contribution in [3.8, 4) is 5.75 Å². The van der Waals surface area contributed by atoms with E-state index in [1.54, 1.807) is 48.1 Å². The normalized spacial score (nSPS) is 11.4. The summed E-state index contributed by atoms with van der Waals surface area (Å²) in [5.41, 5.74) is 4.07. The topological polar surface area (TPSA) is 135 Å². The molecular weight excluding hydrogens is 380 g/mol. The molecule has 0 radical (unpaired) electrons. The molecule has 0 aliphatic heterocycles. The quantitative estimate of drug-likeness (QED) is 0.411. The molecule has 2 aromatic carbocycles. The van der Waals surface area contributed by atoms with Crippen LogP contribution >= 0.6 is 0 Å². The number of nitrogens with one attached hydrogen (secondary N) is 1. The number of para-hydroxylation sites is 2. The number of fused-ring (bicyclic) bond motifs is 1. The summed E-state index contributed by atoms with van der Waals surface area (Å²) >= 11 is 0. The summed E-state index contributed by atoms with van der Waals surface area (Å²) in [5.74, 6) is -3.33. The second kappa shape index (κ2) is 8.30. The molecular formula is C19H18N4O6. The van der Waals surface area contributed by atoms with Crippen molar-refractivity contribution in [1.82, 2.24) is 14.6 Å². The summed E-state index contributed by atoms with van der Waals surface area (Å²) in [6.07, 6.45) is 0. The van der Waals surface area contributed by atoms with Gasteiger partial charge in [-0.25, -0.2) is 9.36 Å². The molecule has 1 heterocycles. The Morgan fingerprint density at radius 3 is 2.28 bits per heavy atom. The summed E-state index contributed by atoms with van der Waals surface area (Å²) in [6.45, 7) is -0.233. The van der Waals surface area contributed by atoms with Crippen molar-refractivity contribution in [1.29, 1.82) is 0 Å². The van der Waals surface area contributed by atoms with Crippen LogP contribution in [0.15, 0.2) is 53.6 Å². The number of benzene rings is 2. The fourth-order valence-corrected chi connectivity index (χ4v) is 2.87. The van der Waals surface area contributed by atoms with Crippen LogP contribution in [-0.2, 0) is 16.1 Å². The number of nitrogens with zero attached hydrogens (tertiary/aromatic N) is 3. The average molecular weight is 398 g/mol. The van der Waals surface area contributed by atoms with Crippen molar-refractivity contribution in [2.24, 2.45) is 5.10 Å². The number of methoxy groups -OCH3 is 1. The number of hydrogen-bond donors (Lipinski definition) is 3. The first-order valence-electron chi connectivity index (χ1n) is 8.51. The Morgan fingerprint density at radius 2 is 1.69 bits per heavy atom. The highest BCUT2D eigenvalue weighted by Crippen LogP contribution is 2.17. The minimum Gasteiger partial charge on any atom is -0.497 e. The van der Waals surface area contributed by atoms with E-state index in [1.165, 1.54) is 0 Å². The molecule has 0 spiro atoms. The highest BCUT2D eigenvalue weighted by atomic mass is 16.5. The van der Waals surface area contributed by atoms with Gasteiger partial charge in [-0.2, -0.15) is 0 Å². The van der Waals surface area contributed by atoms with Gasteiger partial charge in [-0.15, -0.1) is 5.10 Å². The molecule has 0 saturated carbocycles. The molecule has 0 unspecified atom stereocenters. The summed E-state index contributed by atoms with van der Waals surface area (Å²) in [6, 6.07) is 13.9.